The number of carbonyl (C=O) groups is 1. The number of rotatable bonds is 8. The van der Waals surface area contributed by atoms with E-state index in [1.165, 1.54) is 24.5 Å². The molecule has 31 heavy (non-hydrogen) atoms. The predicted octanol–water partition coefficient (Wildman–Crippen LogP) is 4.77. The van der Waals surface area contributed by atoms with Gasteiger partial charge in [0, 0.05) is 10.9 Å². The highest BCUT2D eigenvalue weighted by Crippen LogP contribution is 2.32. The van der Waals surface area contributed by atoms with Crippen molar-refractivity contribution in [1.82, 2.24) is 4.98 Å². The molecule has 0 aliphatic rings. The van der Waals surface area contributed by atoms with Crippen molar-refractivity contribution in [2.45, 2.75) is 6.92 Å². The van der Waals surface area contributed by atoms with E-state index in [2.05, 4.69) is 10.3 Å². The Morgan fingerprint density at radius 3 is 2.65 bits per heavy atom. The van der Waals surface area contributed by atoms with Crippen LogP contribution in [0.5, 0.6) is 17.2 Å². The maximum absolute atomic E-state index is 12.6. The van der Waals surface area contributed by atoms with Gasteiger partial charge < -0.3 is 14.2 Å². The molecule has 2 aromatic carbocycles. The molecule has 0 saturated carbocycles. The highest BCUT2D eigenvalue weighted by molar-refractivity contribution is 7.14. The summed E-state index contributed by atoms with van der Waals surface area (Å²) < 4.78 is 16.2. The molecule has 1 N–H and O–H groups in total. The summed E-state index contributed by atoms with van der Waals surface area (Å²) in [5.41, 5.74) is 2.08. The van der Waals surface area contributed by atoms with E-state index in [0.29, 0.717) is 40.2 Å². The number of amides is 1. The Kier molecular flexibility index (Phi) is 7.25. The second-order valence-corrected chi connectivity index (χ2v) is 7.06. The number of benzene rings is 2. The first-order chi connectivity index (χ1) is 15.1. The third kappa shape index (κ3) is 5.21. The number of nitriles is 1. The fourth-order valence-electron chi connectivity index (χ4n) is 2.84. The van der Waals surface area contributed by atoms with E-state index in [-0.39, 0.29) is 5.57 Å². The number of ether oxygens (including phenoxy) is 3. The molecule has 0 fully saturated rings. The van der Waals surface area contributed by atoms with Crippen molar-refractivity contribution in [3.63, 3.8) is 0 Å². The van der Waals surface area contributed by atoms with Crippen LogP contribution in [0.15, 0.2) is 53.4 Å². The van der Waals surface area contributed by atoms with Crippen LogP contribution in [-0.2, 0) is 4.79 Å². The van der Waals surface area contributed by atoms with Crippen LogP contribution >= 0.6 is 11.3 Å². The van der Waals surface area contributed by atoms with E-state index in [1.54, 1.807) is 25.3 Å². The Labute approximate surface area is 184 Å². The molecule has 0 radical (unpaired) electrons. The van der Waals surface area contributed by atoms with Crippen molar-refractivity contribution >= 4 is 28.5 Å². The summed E-state index contributed by atoms with van der Waals surface area (Å²) in [6, 6.07) is 14.6. The third-order valence-electron chi connectivity index (χ3n) is 4.27. The zero-order chi connectivity index (χ0) is 22.2. The lowest BCUT2D eigenvalue weighted by molar-refractivity contribution is -0.112. The van der Waals surface area contributed by atoms with Crippen LogP contribution < -0.4 is 19.5 Å². The van der Waals surface area contributed by atoms with Crippen molar-refractivity contribution in [2.24, 2.45) is 0 Å². The molecule has 0 bridgehead atoms. The number of para-hydroxylation sites is 1. The summed E-state index contributed by atoms with van der Waals surface area (Å²) in [5, 5.41) is 14.4. The smallest absolute Gasteiger partial charge is 0.268 e. The molecule has 3 aromatic rings. The molecule has 0 atom stereocenters. The molecule has 0 saturated heterocycles. The number of anilines is 1. The number of nitrogens with zero attached hydrogens (tertiary/aromatic N) is 2. The number of thiazole rings is 1. The lowest BCUT2D eigenvalue weighted by Gasteiger charge is -2.09. The van der Waals surface area contributed by atoms with Gasteiger partial charge in [0.15, 0.2) is 16.6 Å². The van der Waals surface area contributed by atoms with Crippen LogP contribution in [0.1, 0.15) is 12.5 Å². The number of carbonyl (C=O) groups excluding carboxylic acids is 1. The first-order valence-corrected chi connectivity index (χ1v) is 10.3. The number of nitrogens with one attached hydrogen (secondary N) is 1. The lowest BCUT2D eigenvalue weighted by atomic mass is 10.1. The summed E-state index contributed by atoms with van der Waals surface area (Å²) in [7, 11) is 3.12. The Hall–Kier alpha value is -3.83. The summed E-state index contributed by atoms with van der Waals surface area (Å²) in [6.45, 7) is 2.38. The first kappa shape index (κ1) is 21.9. The first-order valence-electron chi connectivity index (χ1n) is 9.42. The average Bonchev–Trinajstić information content (AvgIpc) is 3.26. The lowest BCUT2D eigenvalue weighted by Crippen LogP contribution is -2.13. The normalized spacial score (nSPS) is 10.8. The molecule has 1 heterocycles. The molecule has 0 unspecified atom stereocenters. The summed E-state index contributed by atoms with van der Waals surface area (Å²) in [6.07, 6.45) is 1.49. The van der Waals surface area contributed by atoms with Crippen molar-refractivity contribution in [2.75, 3.05) is 26.1 Å². The molecule has 1 amide bonds. The van der Waals surface area contributed by atoms with Gasteiger partial charge in [-0.05, 0) is 42.8 Å². The van der Waals surface area contributed by atoms with Crippen LogP contribution in [0.3, 0.4) is 0 Å². The Morgan fingerprint density at radius 1 is 1.16 bits per heavy atom. The maximum Gasteiger partial charge on any atom is 0.268 e. The van der Waals surface area contributed by atoms with Crippen molar-refractivity contribution in [1.29, 1.82) is 5.26 Å². The maximum atomic E-state index is 12.6. The van der Waals surface area contributed by atoms with Gasteiger partial charge in [-0.15, -0.1) is 11.3 Å². The quantitative estimate of drug-likeness (QED) is 0.405. The van der Waals surface area contributed by atoms with Gasteiger partial charge in [-0.25, -0.2) is 4.98 Å². The van der Waals surface area contributed by atoms with Crippen LogP contribution in [0.25, 0.3) is 17.3 Å². The van der Waals surface area contributed by atoms with Gasteiger partial charge >= 0.3 is 0 Å². The van der Waals surface area contributed by atoms with Crippen LogP contribution in [-0.4, -0.2) is 31.7 Å². The van der Waals surface area contributed by atoms with Gasteiger partial charge in [-0.2, -0.15) is 5.26 Å². The van der Waals surface area contributed by atoms with Gasteiger partial charge in [0.2, 0.25) is 0 Å². The summed E-state index contributed by atoms with van der Waals surface area (Å²) in [4.78, 5) is 17.1. The Morgan fingerprint density at radius 2 is 1.94 bits per heavy atom. The Balaban J connectivity index is 1.79. The SMILES string of the molecule is CCOc1ccc(/C=C(\C#N)C(=O)Nc2nc(-c3ccccc3OC)cs2)cc1OC. The minimum atomic E-state index is -0.545. The van der Waals surface area contributed by atoms with Crippen LogP contribution in [0, 0.1) is 11.3 Å². The molecule has 8 heteroatoms. The van der Waals surface area contributed by atoms with Gasteiger partial charge in [0.1, 0.15) is 17.4 Å². The van der Waals surface area contributed by atoms with Crippen LogP contribution in [0.2, 0.25) is 0 Å². The van der Waals surface area contributed by atoms with Gasteiger partial charge in [-0.3, -0.25) is 10.1 Å². The zero-order valence-corrected chi connectivity index (χ0v) is 18.2. The second-order valence-electron chi connectivity index (χ2n) is 6.21. The fourth-order valence-corrected chi connectivity index (χ4v) is 3.55. The average molecular weight is 436 g/mol. The molecular weight excluding hydrogens is 414 g/mol. The van der Waals surface area contributed by atoms with E-state index in [1.807, 2.05) is 42.6 Å². The largest absolute Gasteiger partial charge is 0.496 e. The molecule has 3 rings (SSSR count). The number of methoxy groups -OCH3 is 2. The molecule has 158 valence electrons. The van der Waals surface area contributed by atoms with Gasteiger partial charge in [0.05, 0.1) is 26.5 Å². The number of hydrogen-bond acceptors (Lipinski definition) is 7. The highest BCUT2D eigenvalue weighted by atomic mass is 32.1. The molecule has 7 nitrogen and oxygen atoms in total. The van der Waals surface area contributed by atoms with Gasteiger partial charge in [-0.1, -0.05) is 18.2 Å². The van der Waals surface area contributed by atoms with Crippen molar-refractivity contribution < 1.29 is 19.0 Å². The summed E-state index contributed by atoms with van der Waals surface area (Å²) in [5.74, 6) is 1.26. The monoisotopic (exact) mass is 435 g/mol. The number of hydrogen-bond donors (Lipinski definition) is 1. The van der Waals surface area contributed by atoms with E-state index in [4.69, 9.17) is 14.2 Å². The predicted molar refractivity (Wildman–Crippen MR) is 120 cm³/mol. The molecule has 0 spiro atoms. The number of aromatic nitrogens is 1. The van der Waals surface area contributed by atoms with E-state index < -0.39 is 5.91 Å². The molecule has 0 aliphatic heterocycles. The van der Waals surface area contributed by atoms with Crippen molar-refractivity contribution in [3.05, 3.63) is 59.0 Å². The third-order valence-corrected chi connectivity index (χ3v) is 5.03. The molecule has 0 aliphatic carbocycles. The minimum absolute atomic E-state index is 0.0553. The Bertz CT molecular complexity index is 1150. The zero-order valence-electron chi connectivity index (χ0n) is 17.3. The van der Waals surface area contributed by atoms with Gasteiger partial charge in [0.25, 0.3) is 5.91 Å². The van der Waals surface area contributed by atoms with Crippen LogP contribution in [0.4, 0.5) is 5.13 Å². The fraction of sp³-hybridized carbons (Fsp3) is 0.174. The van der Waals surface area contributed by atoms with E-state index in [9.17, 15) is 10.1 Å². The van der Waals surface area contributed by atoms with E-state index >= 15 is 0 Å². The molecular formula is C23H21N3O4S. The standard InChI is InChI=1S/C23H21N3O4S/c1-4-30-20-10-9-15(12-21(20)29-3)11-16(13-24)22(27)26-23-25-18(14-31-23)17-7-5-6-8-19(17)28-2/h5-12,14H,4H2,1-3H3,(H,25,26,27)/b16-11+. The molecule has 1 aromatic heterocycles. The van der Waals surface area contributed by atoms with E-state index in [0.717, 1.165) is 5.56 Å². The topological polar surface area (TPSA) is 93.5 Å². The summed E-state index contributed by atoms with van der Waals surface area (Å²) >= 11 is 1.27. The minimum Gasteiger partial charge on any atom is -0.496 e. The van der Waals surface area contributed by atoms with Crippen molar-refractivity contribution in [3.8, 4) is 34.6 Å². The second kappa shape index (κ2) is 10.3. The highest BCUT2D eigenvalue weighted by Gasteiger charge is 2.15.